The maximum atomic E-state index is 6.63. The molecule has 0 aliphatic carbocycles. The minimum atomic E-state index is -1.39. The molecule has 0 spiro atoms. The second-order valence-corrected chi connectivity index (χ2v) is 13.5. The molecule has 8 aromatic rings. The van der Waals surface area contributed by atoms with Crippen LogP contribution in [0.5, 0.6) is 11.5 Å². The van der Waals surface area contributed by atoms with Crippen molar-refractivity contribution < 1.29 is 29.3 Å². The zero-order valence-electron chi connectivity index (χ0n) is 24.9. The van der Waals surface area contributed by atoms with Gasteiger partial charge in [0.25, 0.3) is 0 Å². The van der Waals surface area contributed by atoms with E-state index in [-0.39, 0.29) is 20.1 Å². The van der Waals surface area contributed by atoms with Gasteiger partial charge in [0.15, 0.2) is 31.7 Å². The van der Waals surface area contributed by atoms with Crippen LogP contribution in [0.2, 0.25) is 0 Å². The molecule has 1 aliphatic heterocycles. The minimum absolute atomic E-state index is 0. The molecule has 0 amide bonds. The number of ether oxygens (including phenoxy) is 1. The zero-order valence-corrected chi connectivity index (χ0v) is 28.3. The van der Waals surface area contributed by atoms with Crippen molar-refractivity contribution in [2.24, 2.45) is 0 Å². The van der Waals surface area contributed by atoms with E-state index in [1.165, 1.54) is 15.6 Å². The Balaban J connectivity index is 0.00000324. The number of para-hydroxylation sites is 4. The standard InChI is InChI=1S/C39H25N4O2Si.Ir/c1-3-14-27(15-4-1)46(28-16-5-2-6-17-28)35-23-12-22-33-37(35)42-39(45-33)43-31-20-7-8-21-32(31)44-34-25-26-13-11-18-29(36(26)41-38(34)43)30-19-9-10-24-40-30;/h1-25H;. The normalized spacial score (nSPS) is 12.0. The molecule has 0 fully saturated rings. The van der Waals surface area contributed by atoms with E-state index in [9.17, 15) is 0 Å². The number of aromatic nitrogens is 3. The Hall–Kier alpha value is -5.40. The molecule has 9 rings (SSSR count). The monoisotopic (exact) mass is 802 g/mol. The van der Waals surface area contributed by atoms with Crippen LogP contribution in [0.15, 0.2) is 156 Å². The third kappa shape index (κ3) is 5.03. The van der Waals surface area contributed by atoms with E-state index in [2.05, 4.69) is 83.8 Å². The Kier molecular flexibility index (Phi) is 7.46. The van der Waals surface area contributed by atoms with Crippen molar-refractivity contribution >= 4 is 63.9 Å². The fourth-order valence-electron chi connectivity index (χ4n) is 6.21. The molecule has 5 aromatic carbocycles. The number of fused-ring (bicyclic) bond motifs is 4. The number of anilines is 3. The van der Waals surface area contributed by atoms with Crippen molar-refractivity contribution in [2.45, 2.75) is 0 Å². The molecule has 47 heavy (non-hydrogen) atoms. The van der Waals surface area contributed by atoms with E-state index in [4.69, 9.17) is 19.1 Å². The van der Waals surface area contributed by atoms with Gasteiger partial charge in [-0.1, -0.05) is 120 Å². The predicted octanol–water partition coefficient (Wildman–Crippen LogP) is 7.53. The van der Waals surface area contributed by atoms with Gasteiger partial charge in [0.1, 0.15) is 5.52 Å². The SMILES string of the molecule is [Ir].c1ccc([Si](c2ccccc2)c2cccc3oc(N4c5ccccc5Oc5cc6cccc(-c7ccccn7)c6nc54)nc23)cc1. The molecule has 0 atom stereocenters. The van der Waals surface area contributed by atoms with Gasteiger partial charge in [0, 0.05) is 37.3 Å². The van der Waals surface area contributed by atoms with Gasteiger partial charge < -0.3 is 9.15 Å². The number of nitrogens with zero attached hydrogens (tertiary/aromatic N) is 4. The van der Waals surface area contributed by atoms with Crippen LogP contribution >= 0.6 is 0 Å². The Morgan fingerprint density at radius 1 is 0.596 bits per heavy atom. The van der Waals surface area contributed by atoms with Crippen LogP contribution in [0.3, 0.4) is 0 Å². The molecule has 6 nitrogen and oxygen atoms in total. The maximum Gasteiger partial charge on any atom is 0.309 e. The summed E-state index contributed by atoms with van der Waals surface area (Å²) >= 11 is 0. The first-order valence-corrected chi connectivity index (χ1v) is 16.6. The smallest absolute Gasteiger partial charge is 0.309 e. The van der Waals surface area contributed by atoms with Crippen LogP contribution in [0, 0.1) is 0 Å². The van der Waals surface area contributed by atoms with Crippen molar-refractivity contribution in [2.75, 3.05) is 4.90 Å². The molecule has 0 saturated carbocycles. The molecule has 0 unspecified atom stereocenters. The Labute approximate surface area is 286 Å². The van der Waals surface area contributed by atoms with E-state index in [0.29, 0.717) is 23.3 Å². The summed E-state index contributed by atoms with van der Waals surface area (Å²) in [5.41, 5.74) is 5.00. The van der Waals surface area contributed by atoms with Gasteiger partial charge in [-0.3, -0.25) is 4.98 Å². The molecule has 0 saturated heterocycles. The van der Waals surface area contributed by atoms with Gasteiger partial charge in [0.05, 0.1) is 16.9 Å². The number of hydrogen-bond acceptors (Lipinski definition) is 6. The van der Waals surface area contributed by atoms with Crippen LogP contribution in [0.25, 0.3) is 33.3 Å². The van der Waals surface area contributed by atoms with E-state index in [1.54, 1.807) is 6.20 Å². The first kappa shape index (κ1) is 29.0. The molecule has 0 N–H and O–H groups in total. The summed E-state index contributed by atoms with van der Waals surface area (Å²) in [5.74, 6) is 1.95. The third-order valence-corrected chi connectivity index (χ3v) is 11.0. The van der Waals surface area contributed by atoms with Crippen LogP contribution in [-0.4, -0.2) is 23.7 Å². The van der Waals surface area contributed by atoms with Gasteiger partial charge in [-0.25, -0.2) is 9.88 Å². The largest absolute Gasteiger partial charge is 0.451 e. The van der Waals surface area contributed by atoms with Gasteiger partial charge in [-0.2, -0.15) is 4.98 Å². The van der Waals surface area contributed by atoms with Crippen molar-refractivity contribution in [3.8, 4) is 22.8 Å². The fourth-order valence-corrected chi connectivity index (χ4v) is 8.90. The van der Waals surface area contributed by atoms with Crippen LogP contribution in [0.4, 0.5) is 17.5 Å². The molecular formula is C39H25IrN4O2Si. The summed E-state index contributed by atoms with van der Waals surface area (Å²) < 4.78 is 13.1. The van der Waals surface area contributed by atoms with Gasteiger partial charge in [-0.15, -0.1) is 0 Å². The molecule has 3 aromatic heterocycles. The maximum absolute atomic E-state index is 6.63. The fraction of sp³-hybridized carbons (Fsp3) is 0. The van der Waals surface area contributed by atoms with Crippen LogP contribution in [0.1, 0.15) is 0 Å². The predicted molar refractivity (Wildman–Crippen MR) is 185 cm³/mol. The first-order valence-electron chi connectivity index (χ1n) is 15.1. The van der Waals surface area contributed by atoms with E-state index in [1.807, 2.05) is 71.6 Å². The summed E-state index contributed by atoms with van der Waals surface area (Å²) in [4.78, 5) is 17.1. The molecule has 8 heteroatoms. The molecule has 4 heterocycles. The number of pyridine rings is 2. The molecule has 1 aliphatic rings. The third-order valence-electron chi connectivity index (χ3n) is 8.26. The van der Waals surface area contributed by atoms with Crippen LogP contribution < -0.4 is 25.2 Å². The molecular weight excluding hydrogens is 777 g/mol. The average molecular weight is 802 g/mol. The molecule has 2 radical (unpaired) electrons. The van der Waals surface area contributed by atoms with E-state index >= 15 is 0 Å². The second kappa shape index (κ2) is 12.1. The first-order chi connectivity index (χ1) is 22.8. The topological polar surface area (TPSA) is 64.3 Å². The molecule has 226 valence electrons. The number of oxazole rings is 1. The molecule has 0 bridgehead atoms. The quantitative estimate of drug-likeness (QED) is 0.133. The van der Waals surface area contributed by atoms with Crippen molar-refractivity contribution in [3.05, 3.63) is 152 Å². The number of rotatable bonds is 5. The Bertz CT molecular complexity index is 2330. The zero-order chi connectivity index (χ0) is 30.5. The Morgan fingerprint density at radius 3 is 2.09 bits per heavy atom. The van der Waals surface area contributed by atoms with Gasteiger partial charge in [-0.05, 0) is 41.6 Å². The summed E-state index contributed by atoms with van der Waals surface area (Å²) in [6.07, 6.45) is 1.80. The minimum Gasteiger partial charge on any atom is -0.451 e. The van der Waals surface area contributed by atoms with Crippen molar-refractivity contribution in [3.63, 3.8) is 0 Å². The summed E-state index contributed by atoms with van der Waals surface area (Å²) in [5, 5.41) is 4.70. The summed E-state index contributed by atoms with van der Waals surface area (Å²) in [6, 6.07) is 50.1. The number of benzene rings is 5. The van der Waals surface area contributed by atoms with E-state index < -0.39 is 8.80 Å². The summed E-state index contributed by atoms with van der Waals surface area (Å²) in [6.45, 7) is 0. The van der Waals surface area contributed by atoms with Gasteiger partial charge >= 0.3 is 6.01 Å². The van der Waals surface area contributed by atoms with Gasteiger partial charge in [0.2, 0.25) is 0 Å². The second-order valence-electron chi connectivity index (χ2n) is 11.1. The summed E-state index contributed by atoms with van der Waals surface area (Å²) in [7, 11) is -1.39. The van der Waals surface area contributed by atoms with Crippen LogP contribution in [-0.2, 0) is 20.1 Å². The average Bonchev–Trinajstić information content (AvgIpc) is 3.56. The van der Waals surface area contributed by atoms with E-state index in [0.717, 1.165) is 38.9 Å². The number of hydrogen-bond donors (Lipinski definition) is 0. The Morgan fingerprint density at radius 2 is 1.32 bits per heavy atom. The van der Waals surface area contributed by atoms with Crippen molar-refractivity contribution in [1.82, 2.24) is 15.0 Å². The van der Waals surface area contributed by atoms with Crippen molar-refractivity contribution in [1.29, 1.82) is 0 Å².